The lowest BCUT2D eigenvalue weighted by Gasteiger charge is -2.11. The summed E-state index contributed by atoms with van der Waals surface area (Å²) < 4.78 is 10.5. The second-order valence-corrected chi connectivity index (χ2v) is 3.33. The Kier molecular flexibility index (Phi) is 3.19. The first kappa shape index (κ1) is 9.71. The predicted octanol–water partition coefficient (Wildman–Crippen LogP) is 1.25. The van der Waals surface area contributed by atoms with Crippen LogP contribution in [0.3, 0.4) is 0 Å². The highest BCUT2D eigenvalue weighted by molar-refractivity contribution is 6.45. The average molecular weight is 192 g/mol. The quantitative estimate of drug-likeness (QED) is 0.732. The molecule has 1 N–H and O–H groups in total. The Morgan fingerprint density at radius 3 is 2.50 bits per heavy atom. The summed E-state index contributed by atoms with van der Waals surface area (Å²) in [6, 6.07) is 9.56. The molecule has 1 unspecified atom stereocenters. The number of benzene rings is 1. The highest BCUT2D eigenvalue weighted by atomic mass is 16.6. The molecule has 3 nitrogen and oxygen atoms in total. The third-order valence-corrected chi connectivity index (χ3v) is 2.29. The Bertz CT molecular complexity index is 272. The van der Waals surface area contributed by atoms with Crippen molar-refractivity contribution >= 4 is 7.12 Å². The molecule has 0 saturated carbocycles. The maximum atomic E-state index is 9.82. The van der Waals surface area contributed by atoms with Crippen LogP contribution in [0.15, 0.2) is 30.3 Å². The summed E-state index contributed by atoms with van der Waals surface area (Å²) in [6.07, 6.45) is 0.00333. The molecule has 1 saturated heterocycles. The van der Waals surface area contributed by atoms with E-state index in [0.717, 1.165) is 5.56 Å². The van der Waals surface area contributed by atoms with Gasteiger partial charge in [0, 0.05) is 6.32 Å². The zero-order valence-corrected chi connectivity index (χ0v) is 7.93. The summed E-state index contributed by atoms with van der Waals surface area (Å²) in [4.78, 5) is 0. The number of aliphatic hydroxyl groups is 1. The van der Waals surface area contributed by atoms with Gasteiger partial charge in [-0.2, -0.15) is 0 Å². The van der Waals surface area contributed by atoms with Crippen molar-refractivity contribution < 1.29 is 14.4 Å². The van der Waals surface area contributed by atoms with Crippen molar-refractivity contribution in [3.8, 4) is 0 Å². The van der Waals surface area contributed by atoms with E-state index in [-0.39, 0.29) is 7.12 Å². The first-order valence-electron chi connectivity index (χ1n) is 4.82. The summed E-state index contributed by atoms with van der Waals surface area (Å²) in [7, 11) is -0.245. The number of hydrogen-bond acceptors (Lipinski definition) is 3. The summed E-state index contributed by atoms with van der Waals surface area (Å²) in [5.41, 5.74) is 0.909. The second-order valence-electron chi connectivity index (χ2n) is 3.33. The van der Waals surface area contributed by atoms with Crippen molar-refractivity contribution in [3.63, 3.8) is 0 Å². The topological polar surface area (TPSA) is 38.7 Å². The van der Waals surface area contributed by atoms with Crippen molar-refractivity contribution in [1.29, 1.82) is 0 Å². The molecule has 1 atom stereocenters. The molecule has 74 valence electrons. The number of aliphatic hydroxyl groups excluding tert-OH is 1. The van der Waals surface area contributed by atoms with E-state index in [2.05, 4.69) is 0 Å². The molecular formula is C10H13BO3. The Morgan fingerprint density at radius 1 is 1.21 bits per heavy atom. The lowest BCUT2D eigenvalue weighted by atomic mass is 9.80. The molecule has 0 amide bonds. The smallest absolute Gasteiger partial charge is 0.409 e. The maximum absolute atomic E-state index is 9.82. The molecule has 0 radical (unpaired) electrons. The molecule has 1 heterocycles. The van der Waals surface area contributed by atoms with Crippen LogP contribution in [0.4, 0.5) is 0 Å². The predicted molar refractivity (Wildman–Crippen MR) is 53.9 cm³/mol. The van der Waals surface area contributed by atoms with E-state index < -0.39 is 6.10 Å². The molecule has 1 aliphatic heterocycles. The molecule has 1 aliphatic rings. The Labute approximate surface area is 83.8 Å². The number of rotatable bonds is 3. The van der Waals surface area contributed by atoms with Gasteiger partial charge >= 0.3 is 7.12 Å². The molecule has 1 aromatic rings. The average Bonchev–Trinajstić information content (AvgIpc) is 2.72. The van der Waals surface area contributed by atoms with Crippen molar-refractivity contribution in [2.24, 2.45) is 0 Å². The largest absolute Gasteiger partial charge is 0.460 e. The Morgan fingerprint density at radius 2 is 1.86 bits per heavy atom. The summed E-state index contributed by atoms with van der Waals surface area (Å²) >= 11 is 0. The summed E-state index contributed by atoms with van der Waals surface area (Å²) in [5.74, 6) is 0. The van der Waals surface area contributed by atoms with E-state index in [4.69, 9.17) is 9.31 Å². The van der Waals surface area contributed by atoms with Gasteiger partial charge in [-0.05, 0) is 5.56 Å². The fourth-order valence-electron chi connectivity index (χ4n) is 1.54. The maximum Gasteiger partial charge on any atom is 0.460 e. The van der Waals surface area contributed by atoms with E-state index >= 15 is 0 Å². The van der Waals surface area contributed by atoms with Gasteiger partial charge in [-0.15, -0.1) is 0 Å². The van der Waals surface area contributed by atoms with Gasteiger partial charge < -0.3 is 14.4 Å². The lowest BCUT2D eigenvalue weighted by molar-refractivity contribution is 0.186. The molecule has 0 aromatic heterocycles. The van der Waals surface area contributed by atoms with E-state index in [0.29, 0.717) is 19.5 Å². The normalized spacial score (nSPS) is 18.5. The fraction of sp³-hybridized carbons (Fsp3) is 0.400. The second kappa shape index (κ2) is 4.60. The van der Waals surface area contributed by atoms with Crippen molar-refractivity contribution in [3.05, 3.63) is 35.9 Å². The van der Waals surface area contributed by atoms with Gasteiger partial charge in [0.2, 0.25) is 0 Å². The molecule has 0 bridgehead atoms. The third kappa shape index (κ3) is 2.35. The molecular weight excluding hydrogens is 179 g/mol. The highest BCUT2D eigenvalue weighted by Crippen LogP contribution is 2.20. The molecule has 1 fully saturated rings. The standard InChI is InChI=1S/C10H13BO3/c12-10(8-11-13-6-7-14-11)9-4-2-1-3-5-9/h1-5,10,12H,6-8H2. The Hall–Kier alpha value is -0.835. The Balaban J connectivity index is 1.92. The van der Waals surface area contributed by atoms with Gasteiger partial charge in [0.15, 0.2) is 0 Å². The molecule has 0 aliphatic carbocycles. The summed E-state index contributed by atoms with van der Waals surface area (Å²) in [5, 5.41) is 9.82. The van der Waals surface area contributed by atoms with E-state index in [9.17, 15) is 5.11 Å². The van der Waals surface area contributed by atoms with Crippen molar-refractivity contribution in [2.75, 3.05) is 13.2 Å². The van der Waals surface area contributed by atoms with Gasteiger partial charge in [0.1, 0.15) is 0 Å². The lowest BCUT2D eigenvalue weighted by Crippen LogP contribution is -2.17. The van der Waals surface area contributed by atoms with Crippen LogP contribution in [-0.2, 0) is 9.31 Å². The van der Waals surface area contributed by atoms with Crippen molar-refractivity contribution in [1.82, 2.24) is 0 Å². The van der Waals surface area contributed by atoms with Crippen LogP contribution in [0.1, 0.15) is 11.7 Å². The van der Waals surface area contributed by atoms with Gasteiger partial charge in [-0.1, -0.05) is 30.3 Å². The van der Waals surface area contributed by atoms with Gasteiger partial charge in [-0.25, -0.2) is 0 Å². The fourth-order valence-corrected chi connectivity index (χ4v) is 1.54. The zero-order chi connectivity index (χ0) is 9.80. The highest BCUT2D eigenvalue weighted by Gasteiger charge is 2.27. The van der Waals surface area contributed by atoms with E-state index in [1.54, 1.807) is 0 Å². The first-order valence-corrected chi connectivity index (χ1v) is 4.82. The van der Waals surface area contributed by atoms with Crippen LogP contribution in [0.5, 0.6) is 0 Å². The van der Waals surface area contributed by atoms with Gasteiger partial charge in [0.05, 0.1) is 19.3 Å². The van der Waals surface area contributed by atoms with E-state index in [1.807, 2.05) is 30.3 Å². The zero-order valence-electron chi connectivity index (χ0n) is 7.93. The molecule has 1 aromatic carbocycles. The van der Waals surface area contributed by atoms with Crippen LogP contribution in [-0.4, -0.2) is 25.4 Å². The van der Waals surface area contributed by atoms with Crippen molar-refractivity contribution in [2.45, 2.75) is 12.4 Å². The molecule has 0 spiro atoms. The van der Waals surface area contributed by atoms with Crippen LogP contribution >= 0.6 is 0 Å². The molecule has 4 heteroatoms. The van der Waals surface area contributed by atoms with E-state index in [1.165, 1.54) is 0 Å². The minimum Gasteiger partial charge on any atom is -0.409 e. The minimum atomic E-state index is -0.501. The third-order valence-electron chi connectivity index (χ3n) is 2.29. The van der Waals surface area contributed by atoms with Crippen LogP contribution in [0, 0.1) is 0 Å². The summed E-state index contributed by atoms with van der Waals surface area (Å²) in [6.45, 7) is 1.26. The van der Waals surface area contributed by atoms with Crippen LogP contribution in [0.25, 0.3) is 0 Å². The molecule has 2 rings (SSSR count). The minimum absolute atomic E-state index is 0.245. The SMILES string of the molecule is OC(CB1OCCO1)c1ccccc1. The molecule has 14 heavy (non-hydrogen) atoms. The van der Waals surface area contributed by atoms with Gasteiger partial charge in [-0.3, -0.25) is 0 Å². The number of hydrogen-bond donors (Lipinski definition) is 1. The van der Waals surface area contributed by atoms with Crippen LogP contribution < -0.4 is 0 Å². The van der Waals surface area contributed by atoms with Crippen LogP contribution in [0.2, 0.25) is 6.32 Å². The first-order chi connectivity index (χ1) is 6.86. The monoisotopic (exact) mass is 192 g/mol. The van der Waals surface area contributed by atoms with Gasteiger partial charge in [0.25, 0.3) is 0 Å².